The van der Waals surface area contributed by atoms with Crippen LogP contribution in [0.1, 0.15) is 6.92 Å². The number of hydrogen-bond acceptors (Lipinski definition) is 4. The zero-order valence-electron chi connectivity index (χ0n) is 8.96. The molecule has 0 unspecified atom stereocenters. The number of nitrogen functional groups attached to an aromatic ring is 1. The zero-order valence-corrected chi connectivity index (χ0v) is 8.96. The second kappa shape index (κ2) is 3.77. The molecule has 0 saturated carbocycles. The maximum atomic E-state index is 11.0. The average molecular weight is 219 g/mol. The SMILES string of the molecule is C=C(C)CNc1cc2[nH]c(=O)oc2cc1N. The van der Waals surface area contributed by atoms with E-state index in [1.165, 1.54) is 0 Å². The number of aromatic nitrogens is 1. The summed E-state index contributed by atoms with van der Waals surface area (Å²) in [6.45, 7) is 6.34. The van der Waals surface area contributed by atoms with E-state index in [9.17, 15) is 4.79 Å². The molecule has 2 aromatic rings. The van der Waals surface area contributed by atoms with Crippen LogP contribution in [0.15, 0.2) is 33.5 Å². The summed E-state index contributed by atoms with van der Waals surface area (Å²) in [7, 11) is 0. The molecule has 16 heavy (non-hydrogen) atoms. The predicted molar refractivity (Wildman–Crippen MR) is 64.6 cm³/mol. The molecule has 0 bridgehead atoms. The molecule has 0 aliphatic carbocycles. The lowest BCUT2D eigenvalue weighted by Gasteiger charge is -2.08. The van der Waals surface area contributed by atoms with Gasteiger partial charge < -0.3 is 15.5 Å². The fraction of sp³-hybridized carbons (Fsp3) is 0.182. The van der Waals surface area contributed by atoms with E-state index in [1.54, 1.807) is 12.1 Å². The smallest absolute Gasteiger partial charge is 0.408 e. The summed E-state index contributed by atoms with van der Waals surface area (Å²) in [4.78, 5) is 13.6. The number of nitrogens with one attached hydrogen (secondary N) is 2. The van der Waals surface area contributed by atoms with Gasteiger partial charge in [0.15, 0.2) is 5.58 Å². The van der Waals surface area contributed by atoms with Crippen LogP contribution in [0.3, 0.4) is 0 Å². The first-order valence-corrected chi connectivity index (χ1v) is 4.87. The number of anilines is 2. The van der Waals surface area contributed by atoms with Gasteiger partial charge in [0.05, 0.1) is 16.9 Å². The summed E-state index contributed by atoms with van der Waals surface area (Å²) in [5, 5.41) is 3.13. The topological polar surface area (TPSA) is 84.0 Å². The van der Waals surface area contributed by atoms with E-state index in [0.29, 0.717) is 23.3 Å². The molecular weight excluding hydrogens is 206 g/mol. The highest BCUT2D eigenvalue weighted by Crippen LogP contribution is 2.24. The number of hydrogen-bond donors (Lipinski definition) is 3. The van der Waals surface area contributed by atoms with E-state index >= 15 is 0 Å². The maximum Gasteiger partial charge on any atom is 0.417 e. The van der Waals surface area contributed by atoms with E-state index in [2.05, 4.69) is 16.9 Å². The minimum Gasteiger partial charge on any atom is -0.408 e. The standard InChI is InChI=1S/C11H13N3O2/c1-6(2)5-13-8-4-9-10(3-7(8)12)16-11(15)14-9/h3-4,13H,1,5,12H2,2H3,(H,14,15). The van der Waals surface area contributed by atoms with Gasteiger partial charge in [-0.25, -0.2) is 4.79 Å². The number of fused-ring (bicyclic) bond motifs is 1. The Kier molecular flexibility index (Phi) is 2.44. The van der Waals surface area contributed by atoms with Crippen LogP contribution in [-0.4, -0.2) is 11.5 Å². The van der Waals surface area contributed by atoms with Crippen molar-refractivity contribution in [1.82, 2.24) is 4.98 Å². The number of benzene rings is 1. The first-order chi connectivity index (χ1) is 7.56. The molecule has 0 atom stereocenters. The van der Waals surface area contributed by atoms with E-state index < -0.39 is 5.76 Å². The van der Waals surface area contributed by atoms with Gasteiger partial charge in [0.1, 0.15) is 0 Å². The molecular formula is C11H13N3O2. The van der Waals surface area contributed by atoms with Gasteiger partial charge in [-0.3, -0.25) is 4.98 Å². The summed E-state index contributed by atoms with van der Waals surface area (Å²) in [6, 6.07) is 3.37. The molecule has 0 spiro atoms. The van der Waals surface area contributed by atoms with Crippen LogP contribution in [-0.2, 0) is 0 Å². The van der Waals surface area contributed by atoms with Crippen molar-refractivity contribution >= 4 is 22.5 Å². The fourth-order valence-corrected chi connectivity index (χ4v) is 1.41. The molecule has 5 heteroatoms. The number of aromatic amines is 1. The first kappa shape index (κ1) is 10.4. The van der Waals surface area contributed by atoms with E-state index in [-0.39, 0.29) is 0 Å². The van der Waals surface area contributed by atoms with Crippen molar-refractivity contribution in [3.63, 3.8) is 0 Å². The Hall–Kier alpha value is -2.17. The molecule has 2 rings (SSSR count). The normalized spacial score (nSPS) is 10.6. The number of rotatable bonds is 3. The third kappa shape index (κ3) is 1.93. The van der Waals surface area contributed by atoms with Crippen molar-refractivity contribution < 1.29 is 4.42 Å². The second-order valence-electron chi connectivity index (χ2n) is 3.76. The largest absolute Gasteiger partial charge is 0.417 e. The molecule has 1 aromatic heterocycles. The summed E-state index contributed by atoms with van der Waals surface area (Å²) < 4.78 is 4.89. The first-order valence-electron chi connectivity index (χ1n) is 4.87. The highest BCUT2D eigenvalue weighted by molar-refractivity contribution is 5.85. The molecule has 1 aromatic carbocycles. The Morgan fingerprint density at radius 1 is 1.62 bits per heavy atom. The van der Waals surface area contributed by atoms with Gasteiger partial charge in [0.2, 0.25) is 0 Å². The minimum atomic E-state index is -0.480. The van der Waals surface area contributed by atoms with E-state index in [0.717, 1.165) is 11.3 Å². The van der Waals surface area contributed by atoms with Crippen LogP contribution in [0.5, 0.6) is 0 Å². The van der Waals surface area contributed by atoms with Crippen LogP contribution in [0.4, 0.5) is 11.4 Å². The molecule has 5 nitrogen and oxygen atoms in total. The molecule has 0 aliphatic rings. The van der Waals surface area contributed by atoms with Gasteiger partial charge in [-0.15, -0.1) is 0 Å². The van der Waals surface area contributed by atoms with Gasteiger partial charge in [-0.2, -0.15) is 0 Å². The number of oxazole rings is 1. The lowest BCUT2D eigenvalue weighted by Crippen LogP contribution is -2.04. The van der Waals surface area contributed by atoms with Crippen LogP contribution in [0, 0.1) is 0 Å². The van der Waals surface area contributed by atoms with Gasteiger partial charge in [0.25, 0.3) is 0 Å². The van der Waals surface area contributed by atoms with Crippen molar-refractivity contribution in [2.45, 2.75) is 6.92 Å². The Morgan fingerprint density at radius 3 is 3.06 bits per heavy atom. The quantitative estimate of drug-likeness (QED) is 0.541. The van der Waals surface area contributed by atoms with Crippen LogP contribution >= 0.6 is 0 Å². The predicted octanol–water partition coefficient (Wildman–Crippen LogP) is 1.69. The van der Waals surface area contributed by atoms with Gasteiger partial charge >= 0.3 is 5.76 Å². The minimum absolute atomic E-state index is 0.461. The molecule has 0 fully saturated rings. The summed E-state index contributed by atoms with van der Waals surface area (Å²) in [5.41, 5.74) is 9.20. The Bertz CT molecular complexity index is 595. The van der Waals surface area contributed by atoms with Crippen LogP contribution in [0.25, 0.3) is 11.1 Å². The van der Waals surface area contributed by atoms with Crippen molar-refractivity contribution in [2.75, 3.05) is 17.6 Å². The molecule has 1 heterocycles. The van der Waals surface area contributed by atoms with Crippen molar-refractivity contribution in [2.24, 2.45) is 0 Å². The molecule has 4 N–H and O–H groups in total. The van der Waals surface area contributed by atoms with Gasteiger partial charge in [-0.1, -0.05) is 12.2 Å². The lowest BCUT2D eigenvalue weighted by atomic mass is 10.2. The van der Waals surface area contributed by atoms with Crippen molar-refractivity contribution in [3.8, 4) is 0 Å². The molecule has 84 valence electrons. The van der Waals surface area contributed by atoms with Crippen molar-refractivity contribution in [3.05, 3.63) is 34.8 Å². The summed E-state index contributed by atoms with van der Waals surface area (Å²) >= 11 is 0. The second-order valence-corrected chi connectivity index (χ2v) is 3.76. The van der Waals surface area contributed by atoms with Crippen LogP contribution in [0.2, 0.25) is 0 Å². The van der Waals surface area contributed by atoms with E-state index in [4.69, 9.17) is 10.2 Å². The van der Waals surface area contributed by atoms with Crippen molar-refractivity contribution in [1.29, 1.82) is 0 Å². The number of nitrogens with two attached hydrogens (primary N) is 1. The summed E-state index contributed by atoms with van der Waals surface area (Å²) in [5.74, 6) is -0.480. The Morgan fingerprint density at radius 2 is 2.38 bits per heavy atom. The van der Waals surface area contributed by atoms with E-state index in [1.807, 2.05) is 6.92 Å². The highest BCUT2D eigenvalue weighted by atomic mass is 16.4. The third-order valence-electron chi connectivity index (χ3n) is 2.17. The number of H-pyrrole nitrogens is 1. The lowest BCUT2D eigenvalue weighted by molar-refractivity contribution is 0.555. The monoisotopic (exact) mass is 219 g/mol. The van der Waals surface area contributed by atoms with Gasteiger partial charge in [-0.05, 0) is 13.0 Å². The maximum absolute atomic E-state index is 11.0. The van der Waals surface area contributed by atoms with Gasteiger partial charge in [0, 0.05) is 12.6 Å². The highest BCUT2D eigenvalue weighted by Gasteiger charge is 2.06. The summed E-state index contributed by atoms with van der Waals surface area (Å²) in [6.07, 6.45) is 0. The zero-order chi connectivity index (χ0) is 11.7. The fourth-order valence-electron chi connectivity index (χ4n) is 1.41. The Labute approximate surface area is 91.9 Å². The molecule has 0 radical (unpaired) electrons. The molecule has 0 saturated heterocycles. The molecule has 0 aliphatic heterocycles. The molecule has 0 amide bonds. The van der Waals surface area contributed by atoms with Crippen LogP contribution < -0.4 is 16.8 Å². The average Bonchev–Trinajstić information content (AvgIpc) is 2.53. The Balaban J connectivity index is 2.41. The third-order valence-corrected chi connectivity index (χ3v) is 2.17.